The monoisotopic (exact) mass is 297 g/mol. The number of nitrogens with zero attached hydrogens (tertiary/aromatic N) is 1. The molecule has 116 valence electrons. The average Bonchev–Trinajstić information content (AvgIpc) is 2.34. The van der Waals surface area contributed by atoms with Crippen LogP contribution in [0.1, 0.15) is 45.3 Å². The third-order valence-electron chi connectivity index (χ3n) is 4.05. The quantitative estimate of drug-likeness (QED) is 0.896. The Labute approximate surface area is 123 Å². The lowest BCUT2D eigenvalue weighted by atomic mass is 9.62. The highest BCUT2D eigenvalue weighted by Crippen LogP contribution is 2.45. The second-order valence-corrected chi connectivity index (χ2v) is 6.61. The van der Waals surface area contributed by atoms with Crippen LogP contribution in [0.15, 0.2) is 12.3 Å². The summed E-state index contributed by atoms with van der Waals surface area (Å²) in [6.45, 7) is 5.86. The van der Waals surface area contributed by atoms with Crippen LogP contribution >= 0.6 is 0 Å². The van der Waals surface area contributed by atoms with Gasteiger partial charge in [-0.3, -0.25) is 9.78 Å². The topological polar surface area (TPSA) is 68.0 Å². The van der Waals surface area contributed by atoms with E-state index >= 15 is 0 Å². The lowest BCUT2D eigenvalue weighted by molar-refractivity contribution is -0.126. The first kappa shape index (κ1) is 15.8. The van der Waals surface area contributed by atoms with Crippen molar-refractivity contribution in [2.45, 2.75) is 45.7 Å². The van der Waals surface area contributed by atoms with Crippen LogP contribution in [0, 0.1) is 23.0 Å². The largest absolute Gasteiger partial charge is 0.347 e. The van der Waals surface area contributed by atoms with Crippen molar-refractivity contribution in [3.8, 4) is 0 Å². The smallest absolute Gasteiger partial charge is 0.237 e. The molecular weight excluding hydrogens is 276 g/mol. The molecule has 21 heavy (non-hydrogen) atoms. The Balaban J connectivity index is 1.96. The molecule has 1 amide bonds. The maximum absolute atomic E-state index is 13.6. The fraction of sp³-hybridized carbons (Fsp3) is 0.600. The van der Waals surface area contributed by atoms with Crippen LogP contribution in [0.3, 0.4) is 0 Å². The lowest BCUT2D eigenvalue weighted by Gasteiger charge is -2.45. The molecule has 1 saturated carbocycles. The first-order chi connectivity index (χ1) is 9.69. The highest BCUT2D eigenvalue weighted by molar-refractivity contribution is 5.82. The Morgan fingerprint density at radius 3 is 2.62 bits per heavy atom. The molecule has 4 nitrogen and oxygen atoms in total. The second kappa shape index (κ2) is 5.67. The van der Waals surface area contributed by atoms with E-state index in [1.54, 1.807) is 6.92 Å². The Hall–Kier alpha value is -1.56. The number of rotatable bonds is 4. The normalized spacial score (nSPS) is 20.5. The van der Waals surface area contributed by atoms with Gasteiger partial charge in [0.1, 0.15) is 11.6 Å². The van der Waals surface area contributed by atoms with Crippen molar-refractivity contribution in [3.05, 3.63) is 29.6 Å². The van der Waals surface area contributed by atoms with Gasteiger partial charge in [0.15, 0.2) is 0 Å². The third-order valence-corrected chi connectivity index (χ3v) is 4.05. The third kappa shape index (κ3) is 3.56. The number of aromatic nitrogens is 1. The van der Waals surface area contributed by atoms with Crippen LogP contribution < -0.4 is 11.1 Å². The molecule has 1 fully saturated rings. The molecule has 0 bridgehead atoms. The molecule has 1 aromatic rings. The molecule has 2 atom stereocenters. The van der Waals surface area contributed by atoms with Crippen molar-refractivity contribution in [2.75, 3.05) is 0 Å². The van der Waals surface area contributed by atoms with Crippen LogP contribution in [0.5, 0.6) is 0 Å². The fourth-order valence-electron chi connectivity index (χ4n) is 2.95. The predicted molar refractivity (Wildman–Crippen MR) is 75.2 cm³/mol. The van der Waals surface area contributed by atoms with E-state index in [4.69, 9.17) is 5.73 Å². The van der Waals surface area contributed by atoms with E-state index < -0.39 is 23.7 Å². The Morgan fingerprint density at radius 2 is 2.10 bits per heavy atom. The highest BCUT2D eigenvalue weighted by atomic mass is 19.1. The van der Waals surface area contributed by atoms with E-state index in [2.05, 4.69) is 24.1 Å². The Kier molecular flexibility index (Phi) is 4.27. The van der Waals surface area contributed by atoms with Gasteiger partial charge >= 0.3 is 0 Å². The number of nitrogens with one attached hydrogen (secondary N) is 1. The van der Waals surface area contributed by atoms with Gasteiger partial charge in [0.2, 0.25) is 5.91 Å². The summed E-state index contributed by atoms with van der Waals surface area (Å²) in [5.41, 5.74) is 6.19. The minimum Gasteiger partial charge on any atom is -0.347 e. The summed E-state index contributed by atoms with van der Waals surface area (Å²) in [4.78, 5) is 15.8. The Morgan fingerprint density at radius 1 is 1.48 bits per heavy atom. The molecule has 1 aromatic heterocycles. The lowest BCUT2D eigenvalue weighted by Crippen LogP contribution is -2.52. The van der Waals surface area contributed by atoms with Gasteiger partial charge < -0.3 is 11.1 Å². The minimum atomic E-state index is -0.777. The van der Waals surface area contributed by atoms with Gasteiger partial charge in [-0.05, 0) is 31.1 Å². The predicted octanol–water partition coefficient (Wildman–Crippen LogP) is 2.30. The Bertz CT molecular complexity index is 540. The maximum atomic E-state index is 13.6. The fourth-order valence-corrected chi connectivity index (χ4v) is 2.95. The van der Waals surface area contributed by atoms with Crippen molar-refractivity contribution >= 4 is 5.91 Å². The van der Waals surface area contributed by atoms with E-state index in [1.807, 2.05) is 0 Å². The molecule has 1 aliphatic rings. The standard InChI is InChI=1S/C15H21F2N3O/c1-8(13-11(17)4-10(16)7-19-13)20-14(21)12(18)9-5-15(2,3)6-9/h4,7-9,12H,5-6,18H2,1-3H3,(H,20,21)/t8-,12?/m1/s1. The zero-order valence-corrected chi connectivity index (χ0v) is 12.5. The molecule has 1 unspecified atom stereocenters. The number of pyridine rings is 1. The molecule has 0 aromatic carbocycles. The molecule has 3 N–H and O–H groups in total. The van der Waals surface area contributed by atoms with Gasteiger partial charge in [0, 0.05) is 6.07 Å². The number of halogens is 2. The van der Waals surface area contributed by atoms with Crippen LogP contribution in [0.2, 0.25) is 0 Å². The number of amides is 1. The van der Waals surface area contributed by atoms with Crippen LogP contribution in [0.4, 0.5) is 8.78 Å². The summed E-state index contributed by atoms with van der Waals surface area (Å²) in [6.07, 6.45) is 2.73. The molecule has 1 heterocycles. The highest BCUT2D eigenvalue weighted by Gasteiger charge is 2.41. The number of carbonyl (C=O) groups excluding carboxylic acids is 1. The first-order valence-electron chi connectivity index (χ1n) is 7.06. The van der Waals surface area contributed by atoms with Gasteiger partial charge in [-0.25, -0.2) is 8.78 Å². The molecule has 0 aliphatic heterocycles. The zero-order chi connectivity index (χ0) is 15.8. The molecule has 1 aliphatic carbocycles. The zero-order valence-electron chi connectivity index (χ0n) is 12.5. The van der Waals surface area contributed by atoms with Crippen LogP contribution in [-0.2, 0) is 4.79 Å². The second-order valence-electron chi connectivity index (χ2n) is 6.61. The summed E-state index contributed by atoms with van der Waals surface area (Å²) < 4.78 is 26.4. The van der Waals surface area contributed by atoms with Crippen molar-refractivity contribution in [2.24, 2.45) is 17.1 Å². The molecule has 6 heteroatoms. The average molecular weight is 297 g/mol. The summed E-state index contributed by atoms with van der Waals surface area (Å²) in [7, 11) is 0. The van der Waals surface area contributed by atoms with Crippen molar-refractivity contribution in [3.63, 3.8) is 0 Å². The summed E-state index contributed by atoms with van der Waals surface area (Å²) in [6, 6.07) is -0.513. The van der Waals surface area contributed by atoms with Crippen LogP contribution in [0.25, 0.3) is 0 Å². The summed E-state index contributed by atoms with van der Waals surface area (Å²) in [5, 5.41) is 2.64. The summed E-state index contributed by atoms with van der Waals surface area (Å²) >= 11 is 0. The molecule has 0 radical (unpaired) electrons. The van der Waals surface area contributed by atoms with E-state index in [9.17, 15) is 13.6 Å². The summed E-state index contributed by atoms with van der Waals surface area (Å²) in [5.74, 6) is -1.70. The maximum Gasteiger partial charge on any atom is 0.237 e. The first-order valence-corrected chi connectivity index (χ1v) is 7.06. The van der Waals surface area contributed by atoms with E-state index in [-0.39, 0.29) is 22.9 Å². The number of nitrogens with two attached hydrogens (primary N) is 1. The van der Waals surface area contributed by atoms with Gasteiger partial charge in [-0.1, -0.05) is 13.8 Å². The van der Waals surface area contributed by atoms with Gasteiger partial charge in [-0.2, -0.15) is 0 Å². The minimum absolute atomic E-state index is 0.00545. The molecule has 2 rings (SSSR count). The van der Waals surface area contributed by atoms with Crippen molar-refractivity contribution < 1.29 is 13.6 Å². The van der Waals surface area contributed by atoms with Crippen LogP contribution in [-0.4, -0.2) is 16.9 Å². The number of hydrogen-bond donors (Lipinski definition) is 2. The SMILES string of the molecule is C[C@@H](NC(=O)C(N)C1CC(C)(C)C1)c1ncc(F)cc1F. The number of carbonyl (C=O) groups is 1. The van der Waals surface area contributed by atoms with Gasteiger partial charge in [0.25, 0.3) is 0 Å². The number of hydrogen-bond acceptors (Lipinski definition) is 3. The molecular formula is C15H21F2N3O. The van der Waals surface area contributed by atoms with Gasteiger partial charge in [0.05, 0.1) is 24.0 Å². The van der Waals surface area contributed by atoms with E-state index in [0.717, 1.165) is 25.1 Å². The van der Waals surface area contributed by atoms with Crippen molar-refractivity contribution in [1.29, 1.82) is 0 Å². The van der Waals surface area contributed by atoms with E-state index in [0.29, 0.717) is 0 Å². The van der Waals surface area contributed by atoms with Crippen molar-refractivity contribution in [1.82, 2.24) is 10.3 Å². The molecule has 0 spiro atoms. The van der Waals surface area contributed by atoms with E-state index in [1.165, 1.54) is 0 Å². The van der Waals surface area contributed by atoms with Gasteiger partial charge in [-0.15, -0.1) is 0 Å². The molecule has 0 saturated heterocycles.